The van der Waals surface area contributed by atoms with Gasteiger partial charge in [-0.1, -0.05) is 51.9 Å². The summed E-state index contributed by atoms with van der Waals surface area (Å²) in [6, 6.07) is 0. The first kappa shape index (κ1) is 14.3. The Morgan fingerprint density at radius 3 is 2.25 bits per heavy atom. The smallest absolute Gasteiger partial charge is 0.0406 e. The van der Waals surface area contributed by atoms with Gasteiger partial charge in [0.25, 0.3) is 0 Å². The van der Waals surface area contributed by atoms with E-state index in [9.17, 15) is 0 Å². The molecule has 1 aliphatic carbocycles. The summed E-state index contributed by atoms with van der Waals surface area (Å²) in [5, 5.41) is 3.70. The molecule has 96 valence electrons. The lowest BCUT2D eigenvalue weighted by molar-refractivity contribution is 0.364. The van der Waals surface area contributed by atoms with E-state index in [1.165, 1.54) is 70.8 Å². The summed E-state index contributed by atoms with van der Waals surface area (Å²) in [6.45, 7) is 3.44. The molecule has 1 N–H and O–H groups in total. The molecule has 1 nitrogen and oxygen atoms in total. The Balaban J connectivity index is 1.97. The molecule has 0 aromatic heterocycles. The number of hydrogen-bond acceptors (Lipinski definition) is 1. The topological polar surface area (TPSA) is 12.0 Å². The number of hydrogen-bond donors (Lipinski definition) is 1. The van der Waals surface area contributed by atoms with Gasteiger partial charge in [-0.05, 0) is 25.8 Å². The molecule has 0 spiro atoms. The van der Waals surface area contributed by atoms with Crippen molar-refractivity contribution in [2.45, 2.75) is 76.7 Å². The lowest BCUT2D eigenvalue weighted by Gasteiger charge is -2.28. The number of rotatable bonds is 9. The summed E-state index contributed by atoms with van der Waals surface area (Å²) >= 11 is 6.08. The first-order valence-corrected chi connectivity index (χ1v) is 7.67. The molecule has 1 saturated carbocycles. The molecule has 1 rings (SSSR count). The Bertz CT molecular complexity index is 164. The van der Waals surface area contributed by atoms with E-state index in [0.29, 0.717) is 5.54 Å². The molecule has 0 heterocycles. The zero-order valence-electron chi connectivity index (χ0n) is 10.9. The van der Waals surface area contributed by atoms with Crippen molar-refractivity contribution in [1.29, 1.82) is 0 Å². The van der Waals surface area contributed by atoms with Crippen molar-refractivity contribution in [3.8, 4) is 0 Å². The van der Waals surface area contributed by atoms with Crippen LogP contribution in [-0.4, -0.2) is 18.0 Å². The second kappa shape index (κ2) is 8.36. The maximum absolute atomic E-state index is 6.08. The Hall–Kier alpha value is 0.250. The van der Waals surface area contributed by atoms with Crippen LogP contribution in [0.15, 0.2) is 0 Å². The molecular formula is C14H28ClN. The first-order chi connectivity index (χ1) is 7.83. The van der Waals surface area contributed by atoms with Gasteiger partial charge in [0.2, 0.25) is 0 Å². The van der Waals surface area contributed by atoms with E-state index < -0.39 is 0 Å². The predicted molar refractivity (Wildman–Crippen MR) is 73.3 cm³/mol. The molecule has 0 aromatic carbocycles. The summed E-state index contributed by atoms with van der Waals surface area (Å²) < 4.78 is 0. The summed E-state index contributed by atoms with van der Waals surface area (Å²) in [7, 11) is 0. The molecule has 16 heavy (non-hydrogen) atoms. The zero-order valence-corrected chi connectivity index (χ0v) is 11.6. The average Bonchev–Trinajstić information content (AvgIpc) is 2.77. The van der Waals surface area contributed by atoms with Crippen molar-refractivity contribution in [3.63, 3.8) is 0 Å². The van der Waals surface area contributed by atoms with Gasteiger partial charge in [0.05, 0.1) is 0 Å². The normalized spacial score (nSPS) is 19.1. The molecule has 0 saturated heterocycles. The molecular weight excluding hydrogens is 218 g/mol. The van der Waals surface area contributed by atoms with E-state index in [-0.39, 0.29) is 0 Å². The summed E-state index contributed by atoms with van der Waals surface area (Å²) in [5.41, 5.74) is 0.297. The highest BCUT2D eigenvalue weighted by Gasteiger charge is 2.31. The Morgan fingerprint density at radius 1 is 1.00 bits per heavy atom. The van der Waals surface area contributed by atoms with Gasteiger partial charge in [0.1, 0.15) is 0 Å². The third kappa shape index (κ3) is 5.05. The number of halogens is 1. The lowest BCUT2D eigenvalue weighted by atomic mass is 10.00. The van der Waals surface area contributed by atoms with Gasteiger partial charge in [-0.25, -0.2) is 0 Å². The number of nitrogens with one attached hydrogen (secondary N) is 1. The second-order valence-electron chi connectivity index (χ2n) is 5.32. The SMILES string of the molecule is CCCCCCCCNC1(CCl)CCCC1. The fourth-order valence-corrected chi connectivity index (χ4v) is 3.03. The standard InChI is InChI=1S/C14H28ClN/c1-2-3-4-5-6-9-12-16-14(13-15)10-7-8-11-14/h16H,2-13H2,1H3. The fraction of sp³-hybridized carbons (Fsp3) is 1.00. The monoisotopic (exact) mass is 245 g/mol. The molecule has 1 aliphatic rings. The van der Waals surface area contributed by atoms with Crippen LogP contribution >= 0.6 is 11.6 Å². The zero-order chi connectivity index (χ0) is 11.7. The maximum atomic E-state index is 6.08. The van der Waals surface area contributed by atoms with Crippen LogP contribution in [0, 0.1) is 0 Å². The first-order valence-electron chi connectivity index (χ1n) is 7.14. The van der Waals surface area contributed by atoms with Gasteiger partial charge >= 0.3 is 0 Å². The van der Waals surface area contributed by atoms with Crippen LogP contribution in [0.25, 0.3) is 0 Å². The molecule has 0 bridgehead atoms. The van der Waals surface area contributed by atoms with Gasteiger partial charge in [0.15, 0.2) is 0 Å². The Kier molecular flexibility index (Phi) is 7.47. The van der Waals surface area contributed by atoms with E-state index in [0.717, 1.165) is 5.88 Å². The third-order valence-corrected chi connectivity index (χ3v) is 4.36. The third-order valence-electron chi connectivity index (χ3n) is 3.85. The quantitative estimate of drug-likeness (QED) is 0.466. The van der Waals surface area contributed by atoms with Crippen molar-refractivity contribution in [1.82, 2.24) is 5.32 Å². The molecule has 0 aromatic rings. The number of alkyl halides is 1. The highest BCUT2D eigenvalue weighted by atomic mass is 35.5. The highest BCUT2D eigenvalue weighted by Crippen LogP contribution is 2.30. The summed E-state index contributed by atoms with van der Waals surface area (Å²) in [5.74, 6) is 0.794. The minimum absolute atomic E-state index is 0.297. The Labute approximate surface area is 106 Å². The van der Waals surface area contributed by atoms with Gasteiger partial charge in [-0.2, -0.15) is 0 Å². The molecule has 0 atom stereocenters. The summed E-state index contributed by atoms with van der Waals surface area (Å²) in [4.78, 5) is 0. The average molecular weight is 246 g/mol. The molecule has 1 fully saturated rings. The van der Waals surface area contributed by atoms with E-state index in [2.05, 4.69) is 12.2 Å². The Morgan fingerprint density at radius 2 is 1.62 bits per heavy atom. The molecule has 0 unspecified atom stereocenters. The van der Waals surface area contributed by atoms with Crippen LogP contribution in [-0.2, 0) is 0 Å². The van der Waals surface area contributed by atoms with E-state index >= 15 is 0 Å². The van der Waals surface area contributed by atoms with Crippen LogP contribution in [0.5, 0.6) is 0 Å². The van der Waals surface area contributed by atoms with Crippen molar-refractivity contribution in [3.05, 3.63) is 0 Å². The minimum Gasteiger partial charge on any atom is -0.310 e. The van der Waals surface area contributed by atoms with Crippen molar-refractivity contribution in [2.24, 2.45) is 0 Å². The molecule has 2 heteroatoms. The molecule has 0 aliphatic heterocycles. The predicted octanol–water partition coefficient (Wildman–Crippen LogP) is 4.49. The van der Waals surface area contributed by atoms with Crippen LogP contribution in [0.2, 0.25) is 0 Å². The lowest BCUT2D eigenvalue weighted by Crippen LogP contribution is -2.44. The van der Waals surface area contributed by atoms with Gasteiger partial charge in [0, 0.05) is 11.4 Å². The molecule has 0 radical (unpaired) electrons. The van der Waals surface area contributed by atoms with Crippen LogP contribution in [0.1, 0.15) is 71.1 Å². The van der Waals surface area contributed by atoms with Gasteiger partial charge < -0.3 is 5.32 Å². The van der Waals surface area contributed by atoms with E-state index in [1.54, 1.807) is 0 Å². The van der Waals surface area contributed by atoms with E-state index in [4.69, 9.17) is 11.6 Å². The molecule has 0 amide bonds. The maximum Gasteiger partial charge on any atom is 0.0406 e. The number of unbranched alkanes of at least 4 members (excludes halogenated alkanes) is 5. The second-order valence-corrected chi connectivity index (χ2v) is 5.58. The van der Waals surface area contributed by atoms with Gasteiger partial charge in [-0.15, -0.1) is 11.6 Å². The van der Waals surface area contributed by atoms with Crippen molar-refractivity contribution >= 4 is 11.6 Å². The van der Waals surface area contributed by atoms with Gasteiger partial charge in [-0.3, -0.25) is 0 Å². The largest absolute Gasteiger partial charge is 0.310 e. The van der Waals surface area contributed by atoms with Crippen LogP contribution in [0.4, 0.5) is 0 Å². The fourth-order valence-electron chi connectivity index (χ4n) is 2.67. The van der Waals surface area contributed by atoms with Crippen LogP contribution in [0.3, 0.4) is 0 Å². The minimum atomic E-state index is 0.297. The van der Waals surface area contributed by atoms with Crippen LogP contribution < -0.4 is 5.32 Å². The summed E-state index contributed by atoms with van der Waals surface area (Å²) in [6.07, 6.45) is 13.5. The van der Waals surface area contributed by atoms with Crippen molar-refractivity contribution in [2.75, 3.05) is 12.4 Å². The van der Waals surface area contributed by atoms with Crippen molar-refractivity contribution < 1.29 is 0 Å². The highest BCUT2D eigenvalue weighted by molar-refractivity contribution is 6.18. The van der Waals surface area contributed by atoms with E-state index in [1.807, 2.05) is 0 Å².